The maximum atomic E-state index is 11.6. The van der Waals surface area contributed by atoms with Crippen molar-refractivity contribution >= 4 is 23.6 Å². The summed E-state index contributed by atoms with van der Waals surface area (Å²) in [5, 5.41) is 11.3. The third-order valence-corrected chi connectivity index (χ3v) is 4.01. The Bertz CT molecular complexity index is 266. The van der Waals surface area contributed by atoms with E-state index in [9.17, 15) is 9.59 Å². The van der Waals surface area contributed by atoms with Crippen LogP contribution in [-0.4, -0.2) is 47.2 Å². The predicted molar refractivity (Wildman–Crippen MR) is 66.2 cm³/mol. The molecule has 0 aromatic carbocycles. The van der Waals surface area contributed by atoms with E-state index in [-0.39, 0.29) is 17.7 Å². The van der Waals surface area contributed by atoms with Crippen molar-refractivity contribution in [3.05, 3.63) is 0 Å². The van der Waals surface area contributed by atoms with Crippen LogP contribution in [-0.2, 0) is 14.3 Å². The number of thioether (sulfide) groups is 1. The van der Waals surface area contributed by atoms with Gasteiger partial charge >= 0.3 is 5.97 Å². The Morgan fingerprint density at radius 1 is 1.47 bits per heavy atom. The molecule has 6 heteroatoms. The molecular weight excluding hydrogens is 242 g/mol. The predicted octanol–water partition coefficient (Wildman–Crippen LogP) is 0.878. The van der Waals surface area contributed by atoms with Gasteiger partial charge in [0.05, 0.1) is 5.75 Å². The van der Waals surface area contributed by atoms with Crippen molar-refractivity contribution in [1.29, 1.82) is 0 Å². The van der Waals surface area contributed by atoms with Crippen LogP contribution in [0.25, 0.3) is 0 Å². The minimum absolute atomic E-state index is 0.0819. The normalized spacial score (nSPS) is 18.6. The van der Waals surface area contributed by atoms with Gasteiger partial charge < -0.3 is 15.2 Å². The van der Waals surface area contributed by atoms with Crippen LogP contribution >= 0.6 is 11.8 Å². The number of nitrogens with one attached hydrogen (secondary N) is 1. The highest BCUT2D eigenvalue weighted by Crippen LogP contribution is 2.15. The van der Waals surface area contributed by atoms with Crippen molar-refractivity contribution in [3.63, 3.8) is 0 Å². The third kappa shape index (κ3) is 5.41. The van der Waals surface area contributed by atoms with Crippen molar-refractivity contribution in [2.75, 3.05) is 19.0 Å². The van der Waals surface area contributed by atoms with Crippen LogP contribution in [0.1, 0.15) is 26.2 Å². The van der Waals surface area contributed by atoms with E-state index in [1.54, 1.807) is 0 Å². The Hall–Kier alpha value is -0.750. The van der Waals surface area contributed by atoms with Crippen LogP contribution in [0.5, 0.6) is 0 Å². The van der Waals surface area contributed by atoms with Crippen molar-refractivity contribution in [3.8, 4) is 0 Å². The fourth-order valence-corrected chi connectivity index (χ4v) is 2.47. The molecule has 1 rings (SSSR count). The molecule has 0 aliphatic carbocycles. The van der Waals surface area contributed by atoms with E-state index in [4.69, 9.17) is 9.84 Å². The fourth-order valence-electron chi connectivity index (χ4n) is 1.65. The molecule has 1 unspecified atom stereocenters. The van der Waals surface area contributed by atoms with E-state index < -0.39 is 11.2 Å². The summed E-state index contributed by atoms with van der Waals surface area (Å²) in [7, 11) is 0. The lowest BCUT2D eigenvalue weighted by Crippen LogP contribution is -2.40. The first-order chi connectivity index (χ1) is 8.13. The molecule has 0 radical (unpaired) electrons. The molecule has 0 spiro atoms. The third-order valence-electron chi connectivity index (χ3n) is 2.65. The van der Waals surface area contributed by atoms with Gasteiger partial charge in [-0.1, -0.05) is 6.92 Å². The van der Waals surface area contributed by atoms with Crippen molar-refractivity contribution in [2.45, 2.75) is 37.5 Å². The summed E-state index contributed by atoms with van der Waals surface area (Å²) < 4.78 is 5.19. The second kappa shape index (κ2) is 7.55. The molecule has 5 nitrogen and oxygen atoms in total. The van der Waals surface area contributed by atoms with E-state index in [1.165, 1.54) is 11.8 Å². The summed E-state index contributed by atoms with van der Waals surface area (Å²) in [5.74, 6) is -0.722. The lowest BCUT2D eigenvalue weighted by molar-refractivity contribution is -0.136. The molecule has 0 aromatic heterocycles. The zero-order valence-electron chi connectivity index (χ0n) is 9.98. The molecule has 1 aliphatic rings. The average Bonchev–Trinajstić information content (AvgIpc) is 2.30. The van der Waals surface area contributed by atoms with Gasteiger partial charge in [0.2, 0.25) is 5.91 Å². The van der Waals surface area contributed by atoms with Gasteiger partial charge in [0.1, 0.15) is 5.25 Å². The second-order valence-corrected chi connectivity index (χ2v) is 5.19. The Kier molecular flexibility index (Phi) is 6.36. The maximum absolute atomic E-state index is 11.6. The van der Waals surface area contributed by atoms with Gasteiger partial charge in [0.15, 0.2) is 0 Å². The molecule has 1 aliphatic heterocycles. The monoisotopic (exact) mass is 261 g/mol. The maximum Gasteiger partial charge on any atom is 0.316 e. The lowest BCUT2D eigenvalue weighted by atomic mass is 10.1. The highest BCUT2D eigenvalue weighted by atomic mass is 32.2. The summed E-state index contributed by atoms with van der Waals surface area (Å²) in [6.07, 6.45) is 2.21. The zero-order chi connectivity index (χ0) is 12.7. The Labute approximate surface area is 105 Å². The first kappa shape index (κ1) is 14.3. The first-order valence-electron chi connectivity index (χ1n) is 5.85. The highest BCUT2D eigenvalue weighted by Gasteiger charge is 2.19. The molecule has 98 valence electrons. The number of carbonyl (C=O) groups is 2. The van der Waals surface area contributed by atoms with Gasteiger partial charge in [-0.05, 0) is 19.3 Å². The van der Waals surface area contributed by atoms with Crippen LogP contribution in [0, 0.1) is 0 Å². The second-order valence-electron chi connectivity index (χ2n) is 4.00. The van der Waals surface area contributed by atoms with Crippen LogP contribution < -0.4 is 5.32 Å². The molecule has 1 fully saturated rings. The summed E-state index contributed by atoms with van der Waals surface area (Å²) in [5.41, 5.74) is 0. The minimum atomic E-state index is -0.851. The number of rotatable bonds is 6. The zero-order valence-corrected chi connectivity index (χ0v) is 10.8. The molecule has 1 atom stereocenters. The number of hydrogen-bond donors (Lipinski definition) is 2. The largest absolute Gasteiger partial charge is 0.480 e. The molecule has 1 amide bonds. The van der Waals surface area contributed by atoms with Gasteiger partial charge in [-0.2, -0.15) is 0 Å². The van der Waals surface area contributed by atoms with E-state index in [0.29, 0.717) is 19.6 Å². The quantitative estimate of drug-likeness (QED) is 0.742. The van der Waals surface area contributed by atoms with Gasteiger partial charge in [0, 0.05) is 19.3 Å². The smallest absolute Gasteiger partial charge is 0.316 e. The molecule has 2 N–H and O–H groups in total. The highest BCUT2D eigenvalue weighted by molar-refractivity contribution is 8.01. The van der Waals surface area contributed by atoms with Crippen LogP contribution in [0.3, 0.4) is 0 Å². The Morgan fingerprint density at radius 2 is 2.12 bits per heavy atom. The summed E-state index contributed by atoms with van der Waals surface area (Å²) in [6.45, 7) is 3.18. The van der Waals surface area contributed by atoms with Crippen LogP contribution in [0.4, 0.5) is 0 Å². The molecular formula is C11H19NO4S. The first-order valence-corrected chi connectivity index (χ1v) is 6.90. The minimum Gasteiger partial charge on any atom is -0.480 e. The van der Waals surface area contributed by atoms with Gasteiger partial charge in [-0.3, -0.25) is 9.59 Å². The van der Waals surface area contributed by atoms with Crippen molar-refractivity contribution < 1.29 is 19.4 Å². The number of amides is 1. The summed E-state index contributed by atoms with van der Waals surface area (Å²) in [6, 6.07) is 0.182. The van der Waals surface area contributed by atoms with Crippen molar-refractivity contribution in [1.82, 2.24) is 5.32 Å². The van der Waals surface area contributed by atoms with Crippen LogP contribution in [0.2, 0.25) is 0 Å². The Morgan fingerprint density at radius 3 is 2.65 bits per heavy atom. The molecule has 0 aromatic rings. The SMILES string of the molecule is CCC(SCC(=O)NC1CCOCC1)C(=O)O. The number of carboxylic acids is 1. The van der Waals surface area contributed by atoms with E-state index in [1.807, 2.05) is 6.92 Å². The molecule has 0 bridgehead atoms. The topological polar surface area (TPSA) is 75.6 Å². The van der Waals surface area contributed by atoms with Gasteiger partial charge in [-0.15, -0.1) is 11.8 Å². The fraction of sp³-hybridized carbons (Fsp3) is 0.818. The average molecular weight is 261 g/mol. The summed E-state index contributed by atoms with van der Waals surface area (Å²) >= 11 is 1.18. The molecule has 0 saturated carbocycles. The number of ether oxygens (including phenoxy) is 1. The van der Waals surface area contributed by atoms with E-state index in [0.717, 1.165) is 12.8 Å². The molecule has 17 heavy (non-hydrogen) atoms. The Balaban J connectivity index is 2.21. The number of hydrogen-bond acceptors (Lipinski definition) is 4. The number of carboxylic acid groups (broad SMARTS) is 1. The van der Waals surface area contributed by atoms with Crippen molar-refractivity contribution in [2.24, 2.45) is 0 Å². The summed E-state index contributed by atoms with van der Waals surface area (Å²) in [4.78, 5) is 22.4. The lowest BCUT2D eigenvalue weighted by Gasteiger charge is -2.23. The number of aliphatic carboxylic acids is 1. The number of carbonyl (C=O) groups excluding carboxylic acids is 1. The van der Waals surface area contributed by atoms with E-state index >= 15 is 0 Å². The van der Waals surface area contributed by atoms with Gasteiger partial charge in [0.25, 0.3) is 0 Å². The standard InChI is InChI=1S/C11H19NO4S/c1-2-9(11(14)15)17-7-10(13)12-8-3-5-16-6-4-8/h8-9H,2-7H2,1H3,(H,12,13)(H,14,15). The van der Waals surface area contributed by atoms with E-state index in [2.05, 4.69) is 5.32 Å². The van der Waals surface area contributed by atoms with Gasteiger partial charge in [-0.25, -0.2) is 0 Å². The molecule has 1 saturated heterocycles. The van der Waals surface area contributed by atoms with Crippen LogP contribution in [0.15, 0.2) is 0 Å². The molecule has 1 heterocycles.